The molecule has 1 heterocycles. The average Bonchev–Trinajstić information content (AvgIpc) is 2.62. The van der Waals surface area contributed by atoms with E-state index < -0.39 is 5.97 Å². The number of nitrogens with two attached hydrogens (primary N) is 1. The minimum Gasteiger partial charge on any atom is -0.468 e. The van der Waals surface area contributed by atoms with Gasteiger partial charge in [0.25, 0.3) is 0 Å². The monoisotopic (exact) mass is 356 g/mol. The summed E-state index contributed by atoms with van der Waals surface area (Å²) in [5, 5.41) is 1.28. The molecule has 1 aliphatic heterocycles. The number of hydrogen-bond acceptors (Lipinski definition) is 8. The fourth-order valence-electron chi connectivity index (χ4n) is 2.32. The van der Waals surface area contributed by atoms with E-state index in [0.29, 0.717) is 28.6 Å². The van der Waals surface area contributed by atoms with Crippen LogP contribution in [0.3, 0.4) is 0 Å². The molecule has 2 aromatic rings. The molecule has 8 nitrogen and oxygen atoms in total. The molecule has 0 atom stereocenters. The summed E-state index contributed by atoms with van der Waals surface area (Å²) in [6.07, 6.45) is 1.40. The summed E-state index contributed by atoms with van der Waals surface area (Å²) < 4.78 is 10.5. The molecular formula is C18H20N4O4. The lowest BCUT2D eigenvalue weighted by Crippen LogP contribution is -2.33. The van der Waals surface area contributed by atoms with E-state index in [1.165, 1.54) is 18.5 Å². The van der Waals surface area contributed by atoms with E-state index in [9.17, 15) is 4.79 Å². The maximum atomic E-state index is 11.4. The largest absolute Gasteiger partial charge is 0.468 e. The first-order chi connectivity index (χ1) is 12.5. The molecule has 0 fully saturated rings. The van der Waals surface area contributed by atoms with E-state index in [1.54, 1.807) is 12.1 Å². The number of esters is 1. The van der Waals surface area contributed by atoms with E-state index in [2.05, 4.69) is 9.73 Å². The molecule has 8 heteroatoms. The highest BCUT2D eigenvalue weighted by Gasteiger charge is 2.19. The van der Waals surface area contributed by atoms with E-state index in [-0.39, 0.29) is 6.54 Å². The smallest absolute Gasteiger partial charge is 0.329 e. The molecule has 2 aromatic carbocycles. The fraction of sp³-hybridized carbons (Fsp3) is 0.222. The zero-order valence-electron chi connectivity index (χ0n) is 14.8. The lowest BCUT2D eigenvalue weighted by molar-refractivity contribution is -0.145. The van der Waals surface area contributed by atoms with Crippen molar-refractivity contribution < 1.29 is 19.1 Å². The Labute approximate surface area is 151 Å². The molecule has 0 radical (unpaired) electrons. The predicted molar refractivity (Wildman–Crippen MR) is 99.2 cm³/mol. The van der Waals surface area contributed by atoms with Gasteiger partial charge in [-0.3, -0.25) is 4.79 Å². The van der Waals surface area contributed by atoms with Crippen LogP contribution < -0.4 is 20.2 Å². The second kappa shape index (κ2) is 7.22. The molecule has 1 aliphatic rings. The van der Waals surface area contributed by atoms with Crippen LogP contribution in [0.25, 0.3) is 0 Å². The number of hydroxylamine groups is 2. The molecule has 136 valence electrons. The maximum absolute atomic E-state index is 11.4. The Hall–Kier alpha value is -3.42. The Kier molecular flexibility index (Phi) is 4.83. The lowest BCUT2D eigenvalue weighted by Gasteiger charge is -2.24. The van der Waals surface area contributed by atoms with Gasteiger partial charge in [-0.15, -0.1) is 0 Å². The van der Waals surface area contributed by atoms with Crippen LogP contribution in [0.4, 0.5) is 17.1 Å². The highest BCUT2D eigenvalue weighted by molar-refractivity contribution is 5.78. The van der Waals surface area contributed by atoms with Gasteiger partial charge in [0, 0.05) is 31.9 Å². The van der Waals surface area contributed by atoms with Crippen LogP contribution in [0.5, 0.6) is 17.2 Å². The van der Waals surface area contributed by atoms with Crippen molar-refractivity contribution in [2.24, 2.45) is 4.99 Å². The number of ether oxygens (including phenoxy) is 2. The summed E-state index contributed by atoms with van der Waals surface area (Å²) in [5.41, 5.74) is 8.06. The zero-order valence-corrected chi connectivity index (χ0v) is 14.8. The molecule has 0 amide bonds. The number of anilines is 2. The second-order valence-electron chi connectivity index (χ2n) is 5.84. The molecule has 0 unspecified atom stereocenters. The summed E-state index contributed by atoms with van der Waals surface area (Å²) in [4.78, 5) is 23.2. The van der Waals surface area contributed by atoms with Gasteiger partial charge >= 0.3 is 5.97 Å². The van der Waals surface area contributed by atoms with Gasteiger partial charge in [0.05, 0.1) is 12.8 Å². The molecule has 2 N–H and O–H groups in total. The summed E-state index contributed by atoms with van der Waals surface area (Å²) >= 11 is 0. The molecule has 3 rings (SSSR count). The van der Waals surface area contributed by atoms with Gasteiger partial charge in [-0.25, -0.2) is 4.99 Å². The van der Waals surface area contributed by atoms with Gasteiger partial charge in [-0.1, -0.05) is 6.07 Å². The van der Waals surface area contributed by atoms with Crippen molar-refractivity contribution in [2.45, 2.75) is 0 Å². The molecule has 0 bridgehead atoms. The van der Waals surface area contributed by atoms with Crippen molar-refractivity contribution in [3.63, 3.8) is 0 Å². The van der Waals surface area contributed by atoms with E-state index >= 15 is 0 Å². The molecule has 0 spiro atoms. The van der Waals surface area contributed by atoms with Crippen molar-refractivity contribution in [1.82, 2.24) is 5.06 Å². The average molecular weight is 356 g/mol. The van der Waals surface area contributed by atoms with Crippen LogP contribution in [0, 0.1) is 0 Å². The van der Waals surface area contributed by atoms with Crippen LogP contribution in [0.2, 0.25) is 0 Å². The van der Waals surface area contributed by atoms with E-state index in [0.717, 1.165) is 5.69 Å². The fourth-order valence-corrected chi connectivity index (χ4v) is 2.32. The molecule has 0 aromatic heterocycles. The summed E-state index contributed by atoms with van der Waals surface area (Å²) in [7, 11) is 5.22. The lowest BCUT2D eigenvalue weighted by atomic mass is 10.2. The minimum atomic E-state index is -0.438. The number of nitrogens with zero attached hydrogens (tertiary/aromatic N) is 3. The third-order valence-corrected chi connectivity index (χ3v) is 3.71. The van der Waals surface area contributed by atoms with Gasteiger partial charge in [0.2, 0.25) is 0 Å². The number of methoxy groups -OCH3 is 1. The van der Waals surface area contributed by atoms with Crippen LogP contribution in [0.15, 0.2) is 41.4 Å². The van der Waals surface area contributed by atoms with Gasteiger partial charge in [-0.05, 0) is 18.2 Å². The van der Waals surface area contributed by atoms with Crippen LogP contribution in [-0.4, -0.2) is 45.1 Å². The number of rotatable bonds is 5. The molecule has 0 aliphatic carbocycles. The third-order valence-electron chi connectivity index (χ3n) is 3.71. The van der Waals surface area contributed by atoms with E-state index in [4.69, 9.17) is 15.3 Å². The minimum absolute atomic E-state index is 0.0785. The highest BCUT2D eigenvalue weighted by Crippen LogP contribution is 2.40. The summed E-state index contributed by atoms with van der Waals surface area (Å²) in [6.45, 7) is -0.0785. The van der Waals surface area contributed by atoms with Gasteiger partial charge in [-0.2, -0.15) is 5.06 Å². The maximum Gasteiger partial charge on any atom is 0.329 e. The first-order valence-electron chi connectivity index (χ1n) is 7.90. The number of aliphatic imine (C=N–C) groups is 1. The molecule has 0 saturated carbocycles. The second-order valence-corrected chi connectivity index (χ2v) is 5.84. The van der Waals surface area contributed by atoms with Crippen molar-refractivity contribution in [2.75, 3.05) is 38.4 Å². The Morgan fingerprint density at radius 2 is 2.12 bits per heavy atom. The van der Waals surface area contributed by atoms with Crippen molar-refractivity contribution in [3.05, 3.63) is 36.4 Å². The van der Waals surface area contributed by atoms with E-state index in [1.807, 2.05) is 43.3 Å². The number of benzene rings is 2. The van der Waals surface area contributed by atoms with Gasteiger partial charge in [0.15, 0.2) is 18.0 Å². The Balaban J connectivity index is 1.82. The number of carbonyl (C=O) groups is 1. The normalized spacial score (nSPS) is 12.2. The standard InChI is InChI=1S/C18H20N4O4/c1-21(2)12-5-4-6-13(7-12)25-16-9-17-15(8-14(16)19)20-11-22(26-17)10-18(23)24-3/h4-9,11H,10,19H2,1-3H3. The first-order valence-corrected chi connectivity index (χ1v) is 7.90. The SMILES string of the molecule is COC(=O)CN1C=Nc2cc(N)c(Oc3cccc(N(C)C)c3)cc2O1. The van der Waals surface area contributed by atoms with Gasteiger partial charge < -0.3 is 24.9 Å². The van der Waals surface area contributed by atoms with Crippen molar-refractivity contribution >= 4 is 29.4 Å². The van der Waals surface area contributed by atoms with Crippen molar-refractivity contribution in [1.29, 1.82) is 0 Å². The highest BCUT2D eigenvalue weighted by atomic mass is 16.7. The number of fused-ring (bicyclic) bond motifs is 1. The number of carbonyl (C=O) groups excluding carboxylic acids is 1. The van der Waals surface area contributed by atoms with Crippen LogP contribution >= 0.6 is 0 Å². The number of hydrogen-bond donors (Lipinski definition) is 1. The third kappa shape index (κ3) is 3.80. The molecule has 26 heavy (non-hydrogen) atoms. The summed E-state index contributed by atoms with van der Waals surface area (Å²) in [5.74, 6) is 1.08. The Bertz CT molecular complexity index is 851. The predicted octanol–water partition coefficient (Wildman–Crippen LogP) is 2.57. The Morgan fingerprint density at radius 3 is 2.85 bits per heavy atom. The van der Waals surface area contributed by atoms with Gasteiger partial charge in [0.1, 0.15) is 17.8 Å². The Morgan fingerprint density at radius 1 is 1.31 bits per heavy atom. The first kappa shape index (κ1) is 17.4. The molecular weight excluding hydrogens is 336 g/mol. The number of nitrogen functional groups attached to an aromatic ring is 1. The van der Waals surface area contributed by atoms with Crippen molar-refractivity contribution in [3.8, 4) is 17.2 Å². The topological polar surface area (TPSA) is 89.6 Å². The quantitative estimate of drug-likeness (QED) is 0.650. The zero-order chi connectivity index (χ0) is 18.7. The summed E-state index contributed by atoms with van der Waals surface area (Å²) in [6, 6.07) is 10.9. The van der Waals surface area contributed by atoms with Crippen LogP contribution in [-0.2, 0) is 9.53 Å². The van der Waals surface area contributed by atoms with Crippen LogP contribution in [0.1, 0.15) is 0 Å². The molecule has 0 saturated heterocycles.